The number of hydrogen-bond acceptors (Lipinski definition) is 14. The van der Waals surface area contributed by atoms with Crippen LogP contribution in [0, 0.1) is 11.8 Å². The van der Waals surface area contributed by atoms with Gasteiger partial charge in [0.05, 0.1) is 24.8 Å². The van der Waals surface area contributed by atoms with Crippen molar-refractivity contribution >= 4 is 64.9 Å². The first-order valence-electron chi connectivity index (χ1n) is 29.4. The largest absolute Gasteiger partial charge is 0.377 e. The van der Waals surface area contributed by atoms with E-state index in [1.165, 1.54) is 68.5 Å². The van der Waals surface area contributed by atoms with Gasteiger partial charge >= 0.3 is 0 Å². The Morgan fingerprint density at radius 1 is 0.679 bits per heavy atom. The first kappa shape index (κ1) is 70.3. The van der Waals surface area contributed by atoms with Crippen molar-refractivity contribution in [3.63, 3.8) is 0 Å². The third-order valence-electron chi connectivity index (χ3n) is 15.5. The standard InChI is InChI=1S/C61H96N10O12S/c1-15-61(82)59(81)66(10)35-50(72)68(12)47(31-39(2)3)54(76)63-45(36-83-60(7,8)9)53(75)64-46(57(79)71-29-23-18-24-30-71)37-84-38-51(73)69(13)49(34-43-27-21-17-22-28-43)58(80)67(11)41(6)52(74)62-44(33-42-25-19-16-20-26-42)56(78)70(14)48(32-40(4)5)55(77)65-61/h16-17,19-22,25-28,39-41,44-49,51,73,82H,15,18,23-24,29-38H2,1-14H3,(H,62,74)(H,63,76)(H,64,75)(H,65,77)/t41-,44-,45-,46-,47-,48-,49-,51?,61+/m0/s1. The number of carbonyl (C=O) groups excluding carboxylic acids is 9. The van der Waals surface area contributed by atoms with Gasteiger partial charge in [-0.25, -0.2) is 0 Å². The van der Waals surface area contributed by atoms with Gasteiger partial charge in [0.15, 0.2) is 0 Å². The molecule has 0 spiro atoms. The highest BCUT2D eigenvalue weighted by atomic mass is 32.2. The normalized spacial score (nSPS) is 26.7. The van der Waals surface area contributed by atoms with E-state index in [2.05, 4.69) is 21.3 Å². The number of amides is 9. The van der Waals surface area contributed by atoms with Crippen molar-refractivity contribution in [2.75, 3.05) is 73.0 Å². The monoisotopic (exact) mass is 1190 g/mol. The minimum absolute atomic E-state index is 0.0201. The Kier molecular flexibility index (Phi) is 27.1. The van der Waals surface area contributed by atoms with Gasteiger partial charge in [-0.3, -0.25) is 48.1 Å². The molecule has 468 valence electrons. The number of thioether (sulfide) groups is 1. The van der Waals surface area contributed by atoms with Gasteiger partial charge in [0.25, 0.3) is 5.91 Å². The van der Waals surface area contributed by atoms with Crippen LogP contribution in [0.25, 0.3) is 0 Å². The van der Waals surface area contributed by atoms with Crippen LogP contribution in [0.1, 0.15) is 112 Å². The molecule has 6 N–H and O–H groups in total. The fourth-order valence-corrected chi connectivity index (χ4v) is 11.0. The average molecular weight is 1190 g/mol. The van der Waals surface area contributed by atoms with Crippen LogP contribution in [-0.4, -0.2) is 226 Å². The summed E-state index contributed by atoms with van der Waals surface area (Å²) in [4.78, 5) is 139. The smallest absolute Gasteiger partial charge is 0.275 e. The fraction of sp³-hybridized carbons (Fsp3) is 0.656. The molecule has 0 aromatic heterocycles. The van der Waals surface area contributed by atoms with Gasteiger partial charge in [-0.2, -0.15) is 11.8 Å². The Labute approximate surface area is 501 Å². The molecule has 22 nitrogen and oxygen atoms in total. The number of rotatable bonds is 12. The highest BCUT2D eigenvalue weighted by Gasteiger charge is 2.44. The van der Waals surface area contributed by atoms with Gasteiger partial charge < -0.3 is 60.7 Å². The lowest BCUT2D eigenvalue weighted by Gasteiger charge is -2.37. The van der Waals surface area contributed by atoms with Crippen LogP contribution in [-0.2, 0) is 60.7 Å². The van der Waals surface area contributed by atoms with Crippen molar-refractivity contribution in [1.82, 2.24) is 50.7 Å². The Morgan fingerprint density at radius 3 is 1.75 bits per heavy atom. The molecule has 9 amide bonds. The molecule has 0 saturated carbocycles. The third kappa shape index (κ3) is 20.5. The van der Waals surface area contributed by atoms with Crippen molar-refractivity contribution in [3.05, 3.63) is 71.8 Å². The molecule has 4 rings (SSSR count). The lowest BCUT2D eigenvalue weighted by molar-refractivity contribution is -0.162. The van der Waals surface area contributed by atoms with Gasteiger partial charge in [-0.1, -0.05) is 95.3 Å². The summed E-state index contributed by atoms with van der Waals surface area (Å²) in [6.07, 6.45) is 1.05. The minimum atomic E-state index is -2.59. The number of ether oxygens (including phenoxy) is 1. The SMILES string of the molecule is CC[C@]1(O)NC(=O)[C@H](CC(C)C)N(C)C(=O)[C@H](Cc2ccccc2)NC(=O)[C@H](C)N(C)C(=O)[C@H](Cc2ccccc2)N(C)C(O)CSC[C@@H](C(=O)N2CCCCC2)NC(=O)[C@H](COC(C)(C)C)NC(=O)[C@H](CC(C)C)N(C)C(=O)CN(C)C1=O. The fourth-order valence-electron chi connectivity index (χ4n) is 10.00. The van der Waals surface area contributed by atoms with E-state index in [-0.39, 0.29) is 68.0 Å². The van der Waals surface area contributed by atoms with Gasteiger partial charge in [0.1, 0.15) is 42.5 Å². The number of benzene rings is 2. The van der Waals surface area contributed by atoms with E-state index < -0.39 is 114 Å². The second kappa shape index (κ2) is 32.4. The highest BCUT2D eigenvalue weighted by Crippen LogP contribution is 2.22. The van der Waals surface area contributed by atoms with E-state index in [1.807, 2.05) is 58.0 Å². The zero-order valence-electron chi connectivity index (χ0n) is 52.0. The molecule has 0 bridgehead atoms. The van der Waals surface area contributed by atoms with E-state index in [9.17, 15) is 53.4 Å². The third-order valence-corrected chi connectivity index (χ3v) is 16.6. The Morgan fingerprint density at radius 2 is 1.21 bits per heavy atom. The van der Waals surface area contributed by atoms with Crippen LogP contribution in [0.3, 0.4) is 0 Å². The van der Waals surface area contributed by atoms with Gasteiger partial charge in [-0.15, -0.1) is 0 Å². The van der Waals surface area contributed by atoms with Crippen LogP contribution in [0.4, 0.5) is 0 Å². The Balaban J connectivity index is 1.86. The summed E-state index contributed by atoms with van der Waals surface area (Å²) in [5.74, 6) is -6.83. The first-order valence-corrected chi connectivity index (χ1v) is 30.5. The molecule has 2 aliphatic rings. The lowest BCUT2D eigenvalue weighted by atomic mass is 9.98. The summed E-state index contributed by atoms with van der Waals surface area (Å²) in [6.45, 7) is 15.6. The second-order valence-corrected chi connectivity index (χ2v) is 25.4. The number of nitrogens with one attached hydrogen (secondary N) is 4. The maximum absolute atomic E-state index is 14.9. The van der Waals surface area contributed by atoms with Gasteiger partial charge in [0, 0.05) is 65.6 Å². The predicted octanol–water partition coefficient (Wildman–Crippen LogP) is 2.39. The molecule has 9 atom stereocenters. The number of aliphatic hydroxyl groups excluding tert-OH is 1. The van der Waals surface area contributed by atoms with Crippen LogP contribution in [0.15, 0.2) is 60.7 Å². The number of nitrogens with zero attached hydrogens (tertiary/aromatic N) is 6. The number of likely N-dealkylation sites (tertiary alicyclic amines) is 1. The van der Waals surface area contributed by atoms with Crippen molar-refractivity contribution in [1.29, 1.82) is 0 Å². The summed E-state index contributed by atoms with van der Waals surface area (Å²) >= 11 is 1.17. The van der Waals surface area contributed by atoms with Crippen molar-refractivity contribution in [2.24, 2.45) is 11.8 Å². The molecule has 23 heteroatoms. The van der Waals surface area contributed by atoms with E-state index in [0.717, 1.165) is 34.6 Å². The Hall–Kier alpha value is -6.14. The van der Waals surface area contributed by atoms with Crippen LogP contribution in [0.2, 0.25) is 0 Å². The van der Waals surface area contributed by atoms with Crippen LogP contribution in [0.5, 0.6) is 0 Å². The quantitative estimate of drug-likeness (QED) is 0.178. The Bertz CT molecular complexity index is 2530. The molecular weight excluding hydrogens is 1100 g/mol. The summed E-state index contributed by atoms with van der Waals surface area (Å²) in [5, 5.41) is 35.0. The molecule has 1 unspecified atom stereocenters. The number of likely N-dealkylation sites (N-methyl/N-ethyl adjacent to an activating group) is 5. The topological polar surface area (TPSA) is 271 Å². The molecular formula is C61H96N10O12S. The molecule has 0 radical (unpaired) electrons. The van der Waals surface area contributed by atoms with E-state index in [0.29, 0.717) is 18.7 Å². The molecule has 2 aliphatic heterocycles. The maximum atomic E-state index is 14.9. The van der Waals surface area contributed by atoms with Crippen molar-refractivity contribution < 1.29 is 58.1 Å². The van der Waals surface area contributed by atoms with Gasteiger partial charge in [-0.05, 0) is 96.2 Å². The van der Waals surface area contributed by atoms with Crippen LogP contribution >= 0.6 is 11.8 Å². The number of carbonyl (C=O) groups is 9. The highest BCUT2D eigenvalue weighted by molar-refractivity contribution is 7.99. The van der Waals surface area contributed by atoms with Gasteiger partial charge in [0.2, 0.25) is 53.0 Å². The number of hydrogen-bond donors (Lipinski definition) is 6. The average Bonchev–Trinajstić information content (AvgIpc) is 3.67. The van der Waals surface area contributed by atoms with Crippen molar-refractivity contribution in [3.8, 4) is 0 Å². The molecule has 2 aromatic carbocycles. The zero-order chi connectivity index (χ0) is 62.8. The van der Waals surface area contributed by atoms with Crippen LogP contribution < -0.4 is 21.3 Å². The summed E-state index contributed by atoms with van der Waals surface area (Å²) in [7, 11) is 7.08. The molecule has 2 fully saturated rings. The molecule has 2 saturated heterocycles. The number of piperidine rings is 1. The van der Waals surface area contributed by atoms with E-state index >= 15 is 0 Å². The predicted molar refractivity (Wildman–Crippen MR) is 322 cm³/mol. The summed E-state index contributed by atoms with van der Waals surface area (Å²) < 4.78 is 6.08. The maximum Gasteiger partial charge on any atom is 0.275 e. The van der Waals surface area contributed by atoms with Crippen molar-refractivity contribution in [2.45, 2.75) is 174 Å². The molecule has 2 heterocycles. The zero-order valence-corrected chi connectivity index (χ0v) is 52.8. The molecule has 84 heavy (non-hydrogen) atoms. The molecule has 0 aliphatic carbocycles. The van der Waals surface area contributed by atoms with E-state index in [4.69, 9.17) is 4.74 Å². The number of aliphatic hydroxyl groups is 2. The minimum Gasteiger partial charge on any atom is -0.377 e. The summed E-state index contributed by atoms with van der Waals surface area (Å²) in [6, 6.07) is 9.51. The van der Waals surface area contributed by atoms with E-state index in [1.54, 1.807) is 63.1 Å². The lowest BCUT2D eigenvalue weighted by Crippen LogP contribution is -2.64. The molecule has 2 aromatic rings. The second-order valence-electron chi connectivity index (χ2n) is 24.3. The summed E-state index contributed by atoms with van der Waals surface area (Å²) in [5.41, 5.74) is -1.94. The first-order chi connectivity index (χ1) is 39.4.